The fourth-order valence-electron chi connectivity index (χ4n) is 1.10. The summed E-state index contributed by atoms with van der Waals surface area (Å²) in [6, 6.07) is 0. The number of rotatable bonds is 4. The lowest BCUT2D eigenvalue weighted by Gasteiger charge is -2.33. The van der Waals surface area contributed by atoms with E-state index in [0.29, 0.717) is 0 Å². The maximum Gasteiger partial charge on any atom is 0.253 e. The van der Waals surface area contributed by atoms with Gasteiger partial charge in [-0.3, -0.25) is 0 Å². The molecule has 0 bridgehead atoms. The van der Waals surface area contributed by atoms with Crippen LogP contribution in [0.15, 0.2) is 0 Å². The number of halogens is 4. The summed E-state index contributed by atoms with van der Waals surface area (Å²) in [5, 5.41) is 2.37. The third-order valence-corrected chi connectivity index (χ3v) is 2.91. The number of pyridine rings is 1. The molecule has 7 heteroatoms. The van der Waals surface area contributed by atoms with Gasteiger partial charge in [-0.05, 0) is 27.9 Å². The molecule has 0 saturated heterocycles. The zero-order valence-corrected chi connectivity index (χ0v) is 10.6. The van der Waals surface area contributed by atoms with Crippen LogP contribution in [0.2, 0.25) is 0 Å². The van der Waals surface area contributed by atoms with Crippen LogP contribution in [0.25, 0.3) is 0 Å². The van der Waals surface area contributed by atoms with Gasteiger partial charge in [-0.2, -0.15) is 22.5 Å². The first-order valence-electron chi connectivity index (χ1n) is 5.28. The Bertz CT molecular complexity index is 420. The standard InChI is InChI=1S/C11H15F4N3/c1-11(2,18(3)4)5-16-8-6(12)9(14)17-10(15)7(8)13/h5H2,1-4H3,(H,16,17). The van der Waals surface area contributed by atoms with E-state index in [1.807, 2.05) is 18.7 Å². The molecule has 0 saturated carbocycles. The average Bonchev–Trinajstić information content (AvgIpc) is 2.26. The fraction of sp³-hybridized carbons (Fsp3) is 0.545. The van der Waals surface area contributed by atoms with Crippen molar-refractivity contribution in [1.82, 2.24) is 9.88 Å². The Morgan fingerprint density at radius 2 is 1.50 bits per heavy atom. The van der Waals surface area contributed by atoms with Crippen LogP contribution in [0.5, 0.6) is 0 Å². The number of nitrogens with zero attached hydrogens (tertiary/aromatic N) is 2. The summed E-state index contributed by atoms with van der Waals surface area (Å²) in [4.78, 5) is 4.29. The van der Waals surface area contributed by atoms with Gasteiger partial charge in [-0.25, -0.2) is 0 Å². The molecule has 1 aromatic rings. The van der Waals surface area contributed by atoms with Gasteiger partial charge in [0.1, 0.15) is 5.69 Å². The molecular weight excluding hydrogens is 250 g/mol. The predicted octanol–water partition coefficient (Wildman–Crippen LogP) is 2.39. The zero-order chi connectivity index (χ0) is 14.1. The number of nitrogens with one attached hydrogen (secondary N) is 1. The highest BCUT2D eigenvalue weighted by Crippen LogP contribution is 2.23. The van der Waals surface area contributed by atoms with Crippen molar-refractivity contribution >= 4 is 5.69 Å². The molecule has 0 aliphatic carbocycles. The molecule has 1 aromatic heterocycles. The van der Waals surface area contributed by atoms with E-state index in [0.717, 1.165) is 0 Å². The number of likely N-dealkylation sites (N-methyl/N-ethyl adjacent to an activating group) is 1. The second-order valence-electron chi connectivity index (χ2n) is 4.76. The Labute approximate surface area is 103 Å². The van der Waals surface area contributed by atoms with E-state index < -0.39 is 34.8 Å². The second-order valence-corrected chi connectivity index (χ2v) is 4.76. The van der Waals surface area contributed by atoms with Crippen LogP contribution in [0, 0.1) is 23.5 Å². The molecule has 3 nitrogen and oxygen atoms in total. The van der Waals surface area contributed by atoms with Gasteiger partial charge in [0, 0.05) is 12.1 Å². The summed E-state index contributed by atoms with van der Waals surface area (Å²) in [5.74, 6) is -6.38. The van der Waals surface area contributed by atoms with Crippen molar-refractivity contribution in [1.29, 1.82) is 0 Å². The van der Waals surface area contributed by atoms with Gasteiger partial charge in [0.2, 0.25) is 11.6 Å². The molecule has 1 rings (SSSR count). The van der Waals surface area contributed by atoms with Crippen LogP contribution in [0.4, 0.5) is 23.2 Å². The van der Waals surface area contributed by atoms with Crippen LogP contribution in [-0.4, -0.2) is 36.1 Å². The minimum Gasteiger partial charge on any atom is -0.378 e. The lowest BCUT2D eigenvalue weighted by atomic mass is 10.0. The van der Waals surface area contributed by atoms with Crippen LogP contribution in [0.1, 0.15) is 13.8 Å². The largest absolute Gasteiger partial charge is 0.378 e. The van der Waals surface area contributed by atoms with Crippen LogP contribution in [-0.2, 0) is 0 Å². The fourth-order valence-corrected chi connectivity index (χ4v) is 1.10. The van der Waals surface area contributed by atoms with E-state index in [1.165, 1.54) is 0 Å². The van der Waals surface area contributed by atoms with Crippen molar-refractivity contribution in [3.8, 4) is 0 Å². The Kier molecular flexibility index (Phi) is 4.16. The lowest BCUT2D eigenvalue weighted by molar-refractivity contribution is 0.209. The highest BCUT2D eigenvalue weighted by molar-refractivity contribution is 5.45. The predicted molar refractivity (Wildman–Crippen MR) is 60.3 cm³/mol. The SMILES string of the molecule is CN(C)C(C)(C)CNc1c(F)c(F)nc(F)c1F. The summed E-state index contributed by atoms with van der Waals surface area (Å²) in [6.45, 7) is 3.73. The van der Waals surface area contributed by atoms with E-state index in [4.69, 9.17) is 0 Å². The average molecular weight is 265 g/mol. The summed E-state index contributed by atoms with van der Waals surface area (Å²) >= 11 is 0. The second kappa shape index (κ2) is 5.09. The molecule has 1 N–H and O–H groups in total. The van der Waals surface area contributed by atoms with Gasteiger partial charge in [-0.1, -0.05) is 0 Å². The first-order chi connectivity index (χ1) is 8.16. The first kappa shape index (κ1) is 14.7. The third-order valence-electron chi connectivity index (χ3n) is 2.91. The summed E-state index contributed by atoms with van der Waals surface area (Å²) < 4.78 is 52.3. The normalized spacial score (nSPS) is 12.1. The Morgan fingerprint density at radius 1 is 1.06 bits per heavy atom. The highest BCUT2D eigenvalue weighted by Gasteiger charge is 2.25. The molecule has 0 amide bonds. The van der Waals surface area contributed by atoms with E-state index >= 15 is 0 Å². The van der Waals surface area contributed by atoms with Crippen LogP contribution >= 0.6 is 0 Å². The van der Waals surface area contributed by atoms with E-state index in [2.05, 4.69) is 10.3 Å². The first-order valence-corrected chi connectivity index (χ1v) is 5.28. The van der Waals surface area contributed by atoms with E-state index in [9.17, 15) is 17.6 Å². The molecule has 0 aromatic carbocycles. The van der Waals surface area contributed by atoms with Gasteiger partial charge >= 0.3 is 0 Å². The molecule has 0 aliphatic heterocycles. The molecule has 0 fully saturated rings. The van der Waals surface area contributed by atoms with Crippen LogP contribution in [0.3, 0.4) is 0 Å². The maximum atomic E-state index is 13.3. The van der Waals surface area contributed by atoms with Gasteiger partial charge in [0.05, 0.1) is 0 Å². The maximum absolute atomic E-state index is 13.3. The molecule has 0 radical (unpaired) electrons. The van der Waals surface area contributed by atoms with Crippen molar-refractivity contribution < 1.29 is 17.6 Å². The van der Waals surface area contributed by atoms with Crippen molar-refractivity contribution in [2.24, 2.45) is 0 Å². The molecule has 102 valence electrons. The topological polar surface area (TPSA) is 28.2 Å². The van der Waals surface area contributed by atoms with Crippen LogP contribution < -0.4 is 5.32 Å². The summed E-state index contributed by atoms with van der Waals surface area (Å²) in [6.07, 6.45) is 0. The summed E-state index contributed by atoms with van der Waals surface area (Å²) in [5.41, 5.74) is -1.29. The minimum atomic E-state index is -1.67. The highest BCUT2D eigenvalue weighted by atomic mass is 19.2. The number of aromatic nitrogens is 1. The van der Waals surface area contributed by atoms with Gasteiger partial charge < -0.3 is 10.2 Å². The van der Waals surface area contributed by atoms with Gasteiger partial charge in [0.25, 0.3) is 11.9 Å². The molecule has 18 heavy (non-hydrogen) atoms. The molecular formula is C11H15F4N3. The quantitative estimate of drug-likeness (QED) is 0.669. The van der Waals surface area contributed by atoms with Crippen molar-refractivity contribution in [3.05, 3.63) is 23.5 Å². The number of hydrogen-bond acceptors (Lipinski definition) is 3. The number of anilines is 1. The monoisotopic (exact) mass is 265 g/mol. The Balaban J connectivity index is 2.99. The van der Waals surface area contributed by atoms with Crippen molar-refractivity contribution in [2.75, 3.05) is 26.0 Å². The molecule has 1 heterocycles. The van der Waals surface area contributed by atoms with Crippen molar-refractivity contribution in [2.45, 2.75) is 19.4 Å². The molecule has 0 spiro atoms. The molecule has 0 unspecified atom stereocenters. The van der Waals surface area contributed by atoms with Gasteiger partial charge in [0.15, 0.2) is 0 Å². The molecule has 0 atom stereocenters. The molecule has 0 aliphatic rings. The van der Waals surface area contributed by atoms with E-state index in [-0.39, 0.29) is 6.54 Å². The Hall–Kier alpha value is -1.37. The van der Waals surface area contributed by atoms with Crippen molar-refractivity contribution in [3.63, 3.8) is 0 Å². The zero-order valence-electron chi connectivity index (χ0n) is 10.6. The summed E-state index contributed by atoms with van der Waals surface area (Å²) in [7, 11) is 3.56. The third kappa shape index (κ3) is 2.90. The number of hydrogen-bond donors (Lipinski definition) is 1. The minimum absolute atomic E-state index is 0.108. The van der Waals surface area contributed by atoms with E-state index in [1.54, 1.807) is 14.1 Å². The Morgan fingerprint density at radius 3 is 1.89 bits per heavy atom. The smallest absolute Gasteiger partial charge is 0.253 e. The lowest BCUT2D eigenvalue weighted by Crippen LogP contribution is -2.44. The van der Waals surface area contributed by atoms with Gasteiger partial charge in [-0.15, -0.1) is 0 Å².